The number of aromatic hydroxyl groups is 1. The molecule has 2 aromatic heterocycles. The van der Waals surface area contributed by atoms with Crippen LogP contribution in [0.4, 0.5) is 0 Å². The molecular formula is C23H21N3O3S. The molecule has 152 valence electrons. The Balaban J connectivity index is 1.54. The number of aromatic nitrogens is 3. The van der Waals surface area contributed by atoms with Gasteiger partial charge in [-0.1, -0.05) is 42.1 Å². The maximum atomic E-state index is 11.6. The summed E-state index contributed by atoms with van der Waals surface area (Å²) in [6, 6.07) is 18.4. The fourth-order valence-corrected chi connectivity index (χ4v) is 3.97. The third kappa shape index (κ3) is 4.31. The Morgan fingerprint density at radius 1 is 1.07 bits per heavy atom. The van der Waals surface area contributed by atoms with Crippen molar-refractivity contribution in [2.24, 2.45) is 0 Å². The maximum Gasteiger partial charge on any atom is 0.306 e. The summed E-state index contributed by atoms with van der Waals surface area (Å²) in [5.74, 6) is -0.307. The van der Waals surface area contributed by atoms with E-state index >= 15 is 0 Å². The van der Waals surface area contributed by atoms with Crippen LogP contribution in [0, 0.1) is 0 Å². The van der Waals surface area contributed by atoms with Gasteiger partial charge in [-0.2, -0.15) is 9.61 Å². The molecule has 4 aromatic rings. The average Bonchev–Trinajstić information content (AvgIpc) is 3.20. The minimum absolute atomic E-state index is 0.00759. The smallest absolute Gasteiger partial charge is 0.306 e. The predicted molar refractivity (Wildman–Crippen MR) is 116 cm³/mol. The van der Waals surface area contributed by atoms with Crippen LogP contribution in [0.1, 0.15) is 18.9 Å². The van der Waals surface area contributed by atoms with Gasteiger partial charge in [-0.05, 0) is 43.2 Å². The molecule has 0 saturated heterocycles. The van der Waals surface area contributed by atoms with Crippen LogP contribution in [0.2, 0.25) is 0 Å². The summed E-state index contributed by atoms with van der Waals surface area (Å²) < 4.78 is 6.34. The van der Waals surface area contributed by atoms with Crippen molar-refractivity contribution in [1.82, 2.24) is 14.6 Å². The van der Waals surface area contributed by atoms with Gasteiger partial charge in [0.25, 0.3) is 0 Å². The molecule has 4 rings (SSSR count). The summed E-state index contributed by atoms with van der Waals surface area (Å²) in [4.78, 5) is 18.4. The zero-order valence-corrected chi connectivity index (χ0v) is 17.3. The van der Waals surface area contributed by atoms with Crippen LogP contribution in [-0.4, -0.2) is 32.3 Å². The highest BCUT2D eigenvalue weighted by molar-refractivity contribution is 7.99. The molecule has 0 atom stereocenters. The minimum Gasteiger partial charge on any atom is -0.493 e. The number of hydrogen-bond donors (Lipinski definition) is 1. The zero-order chi connectivity index (χ0) is 20.9. The minimum atomic E-state index is -0.299. The molecule has 2 heterocycles. The van der Waals surface area contributed by atoms with Crippen LogP contribution in [0.3, 0.4) is 0 Å². The molecule has 0 amide bonds. The third-order valence-corrected chi connectivity index (χ3v) is 5.64. The van der Waals surface area contributed by atoms with Crippen molar-refractivity contribution in [2.75, 3.05) is 6.61 Å². The first kappa shape index (κ1) is 20.0. The lowest BCUT2D eigenvalue weighted by molar-refractivity contribution is -0.143. The van der Waals surface area contributed by atoms with Gasteiger partial charge in [0.1, 0.15) is 0 Å². The molecule has 0 aliphatic carbocycles. The molecule has 0 radical (unpaired) electrons. The van der Waals surface area contributed by atoms with Gasteiger partial charge < -0.3 is 9.84 Å². The highest BCUT2D eigenvalue weighted by Gasteiger charge is 2.15. The van der Waals surface area contributed by atoms with Gasteiger partial charge in [0, 0.05) is 33.5 Å². The quantitative estimate of drug-likeness (QED) is 0.436. The maximum absolute atomic E-state index is 11.6. The van der Waals surface area contributed by atoms with Crippen molar-refractivity contribution < 1.29 is 14.6 Å². The molecule has 0 unspecified atom stereocenters. The average molecular weight is 420 g/mol. The second kappa shape index (κ2) is 9.00. The lowest BCUT2D eigenvalue weighted by Crippen LogP contribution is -2.06. The number of carbonyl (C=O) groups excluding carboxylic acids is 1. The Morgan fingerprint density at radius 3 is 2.53 bits per heavy atom. The van der Waals surface area contributed by atoms with E-state index in [4.69, 9.17) is 4.74 Å². The molecule has 0 bridgehead atoms. The van der Waals surface area contributed by atoms with Crippen LogP contribution in [0.25, 0.3) is 16.8 Å². The molecule has 0 spiro atoms. The largest absolute Gasteiger partial charge is 0.493 e. The Hall–Kier alpha value is -3.32. The number of hydrogen-bond acceptors (Lipinski definition) is 6. The molecule has 7 heteroatoms. The molecular weight excluding hydrogens is 398 g/mol. The number of esters is 1. The molecule has 0 aliphatic heterocycles. The first-order valence-electron chi connectivity index (χ1n) is 9.69. The van der Waals surface area contributed by atoms with E-state index in [1.807, 2.05) is 30.3 Å². The summed E-state index contributed by atoms with van der Waals surface area (Å²) in [6.07, 6.45) is 3.81. The fourth-order valence-electron chi connectivity index (χ4n) is 3.13. The van der Waals surface area contributed by atoms with Crippen LogP contribution < -0.4 is 0 Å². The number of ether oxygens (including phenoxy) is 1. The van der Waals surface area contributed by atoms with E-state index in [2.05, 4.69) is 34.3 Å². The van der Waals surface area contributed by atoms with E-state index in [1.165, 1.54) is 9.41 Å². The fraction of sp³-hybridized carbons (Fsp3) is 0.174. The molecule has 2 aromatic carbocycles. The summed E-state index contributed by atoms with van der Waals surface area (Å²) >= 11 is 1.70. The van der Waals surface area contributed by atoms with Crippen molar-refractivity contribution >= 4 is 23.4 Å². The molecule has 1 N–H and O–H groups in total. The third-order valence-electron chi connectivity index (χ3n) is 4.62. The molecule has 0 fully saturated rings. The zero-order valence-electron chi connectivity index (χ0n) is 16.5. The SMILES string of the molecule is CCOC(=O)CCc1cnc2c(-c3ccc(Sc4ccccc4)cc3)cnn2c1O. The van der Waals surface area contributed by atoms with Crippen molar-refractivity contribution in [1.29, 1.82) is 0 Å². The van der Waals surface area contributed by atoms with E-state index in [0.717, 1.165) is 16.0 Å². The number of nitrogens with zero attached hydrogens (tertiary/aromatic N) is 3. The summed E-state index contributed by atoms with van der Waals surface area (Å²) in [7, 11) is 0. The summed E-state index contributed by atoms with van der Waals surface area (Å²) in [5.41, 5.74) is 2.92. The summed E-state index contributed by atoms with van der Waals surface area (Å²) in [5, 5.41) is 14.9. The van der Waals surface area contributed by atoms with Gasteiger partial charge in [0.2, 0.25) is 5.88 Å². The topological polar surface area (TPSA) is 76.7 Å². The number of benzene rings is 2. The van der Waals surface area contributed by atoms with E-state index in [1.54, 1.807) is 31.1 Å². The number of rotatable bonds is 7. The Morgan fingerprint density at radius 2 is 1.80 bits per heavy atom. The highest BCUT2D eigenvalue weighted by Crippen LogP contribution is 2.31. The number of carbonyl (C=O) groups is 1. The van der Waals surface area contributed by atoms with Gasteiger partial charge in [0.15, 0.2) is 5.65 Å². The van der Waals surface area contributed by atoms with Crippen LogP contribution >= 0.6 is 11.8 Å². The second-order valence-electron chi connectivity index (χ2n) is 6.65. The van der Waals surface area contributed by atoms with Crippen LogP contribution in [-0.2, 0) is 16.0 Å². The molecule has 0 saturated carbocycles. The van der Waals surface area contributed by atoms with E-state index in [-0.39, 0.29) is 18.3 Å². The van der Waals surface area contributed by atoms with Gasteiger partial charge in [-0.3, -0.25) is 4.79 Å². The van der Waals surface area contributed by atoms with E-state index < -0.39 is 0 Å². The van der Waals surface area contributed by atoms with E-state index in [9.17, 15) is 9.90 Å². The van der Waals surface area contributed by atoms with Crippen molar-refractivity contribution in [2.45, 2.75) is 29.6 Å². The van der Waals surface area contributed by atoms with Gasteiger partial charge in [-0.25, -0.2) is 4.98 Å². The van der Waals surface area contributed by atoms with Crippen molar-refractivity contribution in [3.8, 4) is 17.0 Å². The van der Waals surface area contributed by atoms with E-state index in [0.29, 0.717) is 24.2 Å². The monoisotopic (exact) mass is 419 g/mol. The Bertz CT molecular complexity index is 1160. The predicted octanol–water partition coefficient (Wildman–Crippen LogP) is 4.75. The van der Waals surface area contributed by atoms with Gasteiger partial charge in [0.05, 0.1) is 12.8 Å². The first-order valence-corrected chi connectivity index (χ1v) is 10.5. The lowest BCUT2D eigenvalue weighted by Gasteiger charge is -2.07. The van der Waals surface area contributed by atoms with Gasteiger partial charge >= 0.3 is 5.97 Å². The number of fused-ring (bicyclic) bond motifs is 1. The molecule has 30 heavy (non-hydrogen) atoms. The van der Waals surface area contributed by atoms with Crippen molar-refractivity contribution in [3.63, 3.8) is 0 Å². The van der Waals surface area contributed by atoms with Gasteiger partial charge in [-0.15, -0.1) is 0 Å². The normalized spacial score (nSPS) is 11.0. The van der Waals surface area contributed by atoms with Crippen LogP contribution in [0.5, 0.6) is 5.88 Å². The lowest BCUT2D eigenvalue weighted by atomic mass is 10.1. The second-order valence-corrected chi connectivity index (χ2v) is 7.79. The Kier molecular flexibility index (Phi) is 5.99. The highest BCUT2D eigenvalue weighted by atomic mass is 32.2. The van der Waals surface area contributed by atoms with Crippen LogP contribution in [0.15, 0.2) is 76.8 Å². The Labute approximate surface area is 178 Å². The molecule has 6 nitrogen and oxygen atoms in total. The van der Waals surface area contributed by atoms with Crippen molar-refractivity contribution in [3.05, 3.63) is 72.6 Å². The molecule has 0 aliphatic rings. The summed E-state index contributed by atoms with van der Waals surface area (Å²) in [6.45, 7) is 2.11. The standard InChI is InChI=1S/C23H21N3O3S/c1-2-29-21(27)13-10-17-14-24-22-20(15-25-26(22)23(17)28)16-8-11-19(12-9-16)30-18-6-4-3-5-7-18/h3-9,11-12,14-15,28H,2,10,13H2,1H3. The number of aryl methyl sites for hydroxylation is 1. The first-order chi connectivity index (χ1) is 14.7.